The molecule has 1 atom stereocenters. The fraction of sp³-hybridized carbons (Fsp3) is 0.455. The fourth-order valence-corrected chi connectivity index (χ4v) is 2.22. The van der Waals surface area contributed by atoms with E-state index in [1.807, 2.05) is 13.0 Å². The molecule has 0 aliphatic heterocycles. The van der Waals surface area contributed by atoms with Crippen molar-refractivity contribution in [2.45, 2.75) is 32.7 Å². The molecule has 1 rings (SSSR count). The van der Waals surface area contributed by atoms with Gasteiger partial charge in [0.15, 0.2) is 0 Å². The predicted molar refractivity (Wildman–Crippen MR) is 62.5 cm³/mol. The summed E-state index contributed by atoms with van der Waals surface area (Å²) in [5, 5.41) is 9.73. The van der Waals surface area contributed by atoms with Gasteiger partial charge < -0.3 is 10.8 Å². The molecule has 1 aromatic rings. The van der Waals surface area contributed by atoms with Crippen molar-refractivity contribution in [3.63, 3.8) is 0 Å². The van der Waals surface area contributed by atoms with Gasteiger partial charge >= 0.3 is 0 Å². The highest BCUT2D eigenvalue weighted by atomic mass is 79.9. The smallest absolute Gasteiger partial charge is 0.120 e. The highest BCUT2D eigenvalue weighted by Gasteiger charge is 2.12. The van der Waals surface area contributed by atoms with Crippen molar-refractivity contribution in [1.82, 2.24) is 0 Å². The molecule has 0 spiro atoms. The molecule has 0 aliphatic carbocycles. The quantitative estimate of drug-likeness (QED) is 0.854. The van der Waals surface area contributed by atoms with Crippen molar-refractivity contribution >= 4 is 15.9 Å². The normalized spacial score (nSPS) is 13.3. The number of benzene rings is 1. The van der Waals surface area contributed by atoms with Gasteiger partial charge in [0.05, 0.1) is 0 Å². The lowest BCUT2D eigenvalue weighted by molar-refractivity contribution is 0.462. The predicted octanol–water partition coefficient (Wildman–Crippen LogP) is 3.30. The molecule has 0 bridgehead atoms. The molecule has 0 amide bonds. The number of hydrogen-bond acceptors (Lipinski definition) is 2. The van der Waals surface area contributed by atoms with Crippen LogP contribution in [-0.2, 0) is 0 Å². The zero-order valence-corrected chi connectivity index (χ0v) is 10.3. The summed E-state index contributed by atoms with van der Waals surface area (Å²) in [5.74, 6) is 0.671. The molecule has 0 saturated carbocycles. The Kier molecular flexibility index (Phi) is 3.56. The first kappa shape index (κ1) is 11.5. The maximum Gasteiger partial charge on any atom is 0.120 e. The van der Waals surface area contributed by atoms with Gasteiger partial charge in [-0.15, -0.1) is 0 Å². The number of halogens is 1. The number of aromatic hydroxyl groups is 1. The van der Waals surface area contributed by atoms with Gasteiger partial charge in [0.2, 0.25) is 0 Å². The van der Waals surface area contributed by atoms with Gasteiger partial charge in [0, 0.05) is 16.1 Å². The minimum atomic E-state index is -0.146. The summed E-state index contributed by atoms with van der Waals surface area (Å²) < 4.78 is 1.01. The number of nitrogens with two attached hydrogens (primary N) is 1. The Hall–Kier alpha value is -0.540. The Bertz CT molecular complexity index is 301. The van der Waals surface area contributed by atoms with E-state index in [9.17, 15) is 5.11 Å². The van der Waals surface area contributed by atoms with E-state index in [0.29, 0.717) is 5.92 Å². The summed E-state index contributed by atoms with van der Waals surface area (Å²) in [6, 6.07) is 3.54. The van der Waals surface area contributed by atoms with Crippen LogP contribution >= 0.6 is 15.9 Å². The Labute approximate surface area is 93.3 Å². The molecular formula is C11H16BrNO. The van der Waals surface area contributed by atoms with Crippen LogP contribution in [0.2, 0.25) is 0 Å². The molecular weight excluding hydrogens is 242 g/mol. The van der Waals surface area contributed by atoms with Crippen molar-refractivity contribution in [3.8, 4) is 5.75 Å². The van der Waals surface area contributed by atoms with E-state index in [-0.39, 0.29) is 11.8 Å². The minimum Gasteiger partial charge on any atom is -0.508 e. The van der Waals surface area contributed by atoms with E-state index in [1.165, 1.54) is 0 Å². The van der Waals surface area contributed by atoms with Gasteiger partial charge in [0.1, 0.15) is 5.75 Å². The van der Waals surface area contributed by atoms with Crippen LogP contribution in [0.5, 0.6) is 5.75 Å². The van der Waals surface area contributed by atoms with E-state index >= 15 is 0 Å². The average molecular weight is 258 g/mol. The van der Waals surface area contributed by atoms with Crippen molar-refractivity contribution in [2.75, 3.05) is 0 Å². The van der Waals surface area contributed by atoms with Gasteiger partial charge in [-0.3, -0.25) is 0 Å². The molecule has 3 N–H and O–H groups in total. The van der Waals surface area contributed by atoms with E-state index in [1.54, 1.807) is 6.07 Å². The largest absolute Gasteiger partial charge is 0.508 e. The summed E-state index contributed by atoms with van der Waals surface area (Å²) in [7, 11) is 0. The lowest BCUT2D eigenvalue weighted by Gasteiger charge is -2.14. The third-order valence-corrected chi connectivity index (χ3v) is 2.95. The van der Waals surface area contributed by atoms with Crippen molar-refractivity contribution in [3.05, 3.63) is 27.7 Å². The molecule has 78 valence electrons. The Morgan fingerprint density at radius 2 is 1.79 bits per heavy atom. The van der Waals surface area contributed by atoms with Gasteiger partial charge in [0.25, 0.3) is 0 Å². The third kappa shape index (κ3) is 2.28. The topological polar surface area (TPSA) is 46.2 Å². The standard InChI is InChI=1S/C11H16BrNO/c1-6(2)8-5-11(14)9(7(3)13)4-10(8)12/h4-7,14H,13H2,1-3H3. The minimum absolute atomic E-state index is 0.146. The maximum absolute atomic E-state index is 9.73. The number of phenolic OH excluding ortho intramolecular Hbond substituents is 1. The monoisotopic (exact) mass is 257 g/mol. The fourth-order valence-electron chi connectivity index (χ4n) is 1.40. The average Bonchev–Trinajstić information content (AvgIpc) is 2.07. The first-order valence-electron chi connectivity index (χ1n) is 4.71. The number of rotatable bonds is 2. The van der Waals surface area contributed by atoms with Crippen LogP contribution < -0.4 is 5.73 Å². The summed E-state index contributed by atoms with van der Waals surface area (Å²) in [6.07, 6.45) is 0. The number of hydrogen-bond donors (Lipinski definition) is 2. The molecule has 0 heterocycles. The SMILES string of the molecule is CC(C)c1cc(O)c(C(C)N)cc1Br. The highest BCUT2D eigenvalue weighted by molar-refractivity contribution is 9.10. The second-order valence-corrected chi connectivity index (χ2v) is 4.73. The van der Waals surface area contributed by atoms with Gasteiger partial charge in [-0.25, -0.2) is 0 Å². The van der Waals surface area contributed by atoms with Crippen molar-refractivity contribution < 1.29 is 5.11 Å². The maximum atomic E-state index is 9.73. The van der Waals surface area contributed by atoms with Crippen LogP contribution in [0.3, 0.4) is 0 Å². The molecule has 1 aromatic carbocycles. The highest BCUT2D eigenvalue weighted by Crippen LogP contribution is 2.33. The van der Waals surface area contributed by atoms with Crippen molar-refractivity contribution in [1.29, 1.82) is 0 Å². The van der Waals surface area contributed by atoms with Gasteiger partial charge in [-0.2, -0.15) is 0 Å². The molecule has 0 aromatic heterocycles. The molecule has 0 aliphatic rings. The van der Waals surface area contributed by atoms with Crippen LogP contribution in [0.15, 0.2) is 16.6 Å². The lowest BCUT2D eigenvalue weighted by atomic mass is 9.99. The number of phenols is 1. The first-order valence-corrected chi connectivity index (χ1v) is 5.50. The zero-order valence-electron chi connectivity index (χ0n) is 8.71. The van der Waals surface area contributed by atoms with E-state index in [0.717, 1.165) is 15.6 Å². The molecule has 3 heteroatoms. The van der Waals surface area contributed by atoms with Crippen molar-refractivity contribution in [2.24, 2.45) is 5.73 Å². The summed E-state index contributed by atoms with van der Waals surface area (Å²) in [4.78, 5) is 0. The summed E-state index contributed by atoms with van der Waals surface area (Å²) in [5.41, 5.74) is 7.61. The Morgan fingerprint density at radius 1 is 1.21 bits per heavy atom. The second kappa shape index (κ2) is 4.32. The van der Waals surface area contributed by atoms with Gasteiger partial charge in [-0.05, 0) is 30.5 Å². The van der Waals surface area contributed by atoms with E-state index in [4.69, 9.17) is 5.73 Å². The van der Waals surface area contributed by atoms with Crippen LogP contribution in [0.4, 0.5) is 0 Å². The van der Waals surface area contributed by atoms with Gasteiger partial charge in [-0.1, -0.05) is 29.8 Å². The Balaban J connectivity index is 3.24. The Morgan fingerprint density at radius 3 is 2.21 bits per heavy atom. The summed E-state index contributed by atoms with van der Waals surface area (Å²) in [6.45, 7) is 6.03. The first-order chi connectivity index (χ1) is 6.43. The molecule has 0 saturated heterocycles. The second-order valence-electron chi connectivity index (χ2n) is 3.88. The van der Waals surface area contributed by atoms with Crippen LogP contribution in [-0.4, -0.2) is 5.11 Å². The van der Waals surface area contributed by atoms with Crippen LogP contribution in [0.1, 0.15) is 43.9 Å². The van der Waals surface area contributed by atoms with E-state index < -0.39 is 0 Å². The molecule has 1 unspecified atom stereocenters. The third-order valence-electron chi connectivity index (χ3n) is 2.26. The van der Waals surface area contributed by atoms with Crippen LogP contribution in [0.25, 0.3) is 0 Å². The molecule has 14 heavy (non-hydrogen) atoms. The molecule has 0 radical (unpaired) electrons. The van der Waals surface area contributed by atoms with Crippen LogP contribution in [0, 0.1) is 0 Å². The lowest BCUT2D eigenvalue weighted by Crippen LogP contribution is -2.06. The summed E-state index contributed by atoms with van der Waals surface area (Å²) >= 11 is 3.48. The molecule has 0 fully saturated rings. The zero-order chi connectivity index (χ0) is 10.9. The molecule has 2 nitrogen and oxygen atoms in total. The van der Waals surface area contributed by atoms with E-state index in [2.05, 4.69) is 29.8 Å².